The molecule has 1 N–H and O–H groups in total. The topological polar surface area (TPSA) is 12.0 Å². The first kappa shape index (κ1) is 5.42. The Morgan fingerprint density at radius 3 is 2.00 bits per heavy atom. The molecule has 1 heterocycles. The first-order valence-corrected chi connectivity index (χ1v) is 2.86. The Hall–Kier alpha value is -0.720. The van der Waals surface area contributed by atoms with Crippen LogP contribution >= 0.6 is 0 Å². The van der Waals surface area contributed by atoms with E-state index in [9.17, 15) is 0 Å². The quantitative estimate of drug-likeness (QED) is 0.500. The summed E-state index contributed by atoms with van der Waals surface area (Å²) in [6.45, 7) is 4.26. The van der Waals surface area contributed by atoms with Gasteiger partial charge in [-0.05, 0) is 32.7 Å². The molecular formula is C7H11N. The molecule has 1 aliphatic rings. The lowest BCUT2D eigenvalue weighted by Gasteiger charge is -2.07. The fourth-order valence-electron chi connectivity index (χ4n) is 0.868. The van der Waals surface area contributed by atoms with E-state index in [1.54, 1.807) is 0 Å². The predicted molar refractivity (Wildman–Crippen MR) is 35.3 cm³/mol. The second-order valence-electron chi connectivity index (χ2n) is 2.32. The number of nitrogens with one attached hydrogen (secondary N) is 1. The third-order valence-corrected chi connectivity index (χ3v) is 1.22. The van der Waals surface area contributed by atoms with Crippen LogP contribution in [-0.4, -0.2) is 0 Å². The molecule has 8 heavy (non-hydrogen) atoms. The maximum atomic E-state index is 3.06. The highest BCUT2D eigenvalue weighted by atomic mass is 14.8. The summed E-state index contributed by atoms with van der Waals surface area (Å²) in [5.74, 6) is 0. The average molecular weight is 109 g/mol. The highest BCUT2D eigenvalue weighted by molar-refractivity contribution is 5.16. The zero-order valence-corrected chi connectivity index (χ0v) is 5.36. The minimum atomic E-state index is 1.13. The number of hydrogen-bond donors (Lipinski definition) is 1. The summed E-state index contributed by atoms with van der Waals surface area (Å²) in [6, 6.07) is 0. The highest BCUT2D eigenvalue weighted by Gasteiger charge is 1.95. The molecule has 0 aromatic heterocycles. The van der Waals surface area contributed by atoms with E-state index >= 15 is 0 Å². The average Bonchev–Trinajstić information content (AvgIpc) is 1.64. The van der Waals surface area contributed by atoms with Crippen molar-refractivity contribution < 1.29 is 0 Å². The van der Waals surface area contributed by atoms with Gasteiger partial charge in [0.25, 0.3) is 0 Å². The van der Waals surface area contributed by atoms with Crippen LogP contribution in [0.25, 0.3) is 0 Å². The largest absolute Gasteiger partial charge is 0.368 e. The van der Waals surface area contributed by atoms with Crippen LogP contribution in [0.1, 0.15) is 20.3 Å². The van der Waals surface area contributed by atoms with Crippen molar-refractivity contribution in [2.45, 2.75) is 20.3 Å². The Morgan fingerprint density at radius 2 is 1.75 bits per heavy atom. The second-order valence-corrected chi connectivity index (χ2v) is 2.32. The minimum absolute atomic E-state index is 1.13. The first-order chi connectivity index (χ1) is 3.79. The van der Waals surface area contributed by atoms with Crippen molar-refractivity contribution in [2.75, 3.05) is 0 Å². The molecule has 0 unspecified atom stereocenters. The Morgan fingerprint density at radius 1 is 1.25 bits per heavy atom. The highest BCUT2D eigenvalue weighted by Crippen LogP contribution is 2.10. The third-order valence-electron chi connectivity index (χ3n) is 1.22. The van der Waals surface area contributed by atoms with Gasteiger partial charge >= 0.3 is 0 Å². The van der Waals surface area contributed by atoms with E-state index in [0.717, 1.165) is 6.42 Å². The standard InChI is InChI=1S/C7H11N/c1-6-3-7(2)5-8-4-6/h4-5,8H,3H2,1-2H3. The summed E-state index contributed by atoms with van der Waals surface area (Å²) < 4.78 is 0. The zero-order valence-electron chi connectivity index (χ0n) is 5.36. The fraction of sp³-hybridized carbons (Fsp3) is 0.429. The molecule has 0 atom stereocenters. The monoisotopic (exact) mass is 109 g/mol. The Balaban J connectivity index is 2.57. The number of hydrogen-bond acceptors (Lipinski definition) is 1. The van der Waals surface area contributed by atoms with Gasteiger partial charge in [0.1, 0.15) is 0 Å². The molecule has 1 nitrogen and oxygen atoms in total. The molecule has 0 amide bonds. The van der Waals surface area contributed by atoms with Gasteiger partial charge in [-0.3, -0.25) is 0 Å². The van der Waals surface area contributed by atoms with Crippen molar-refractivity contribution in [1.82, 2.24) is 5.32 Å². The van der Waals surface area contributed by atoms with Gasteiger partial charge in [0, 0.05) is 0 Å². The van der Waals surface area contributed by atoms with Crippen molar-refractivity contribution in [3.8, 4) is 0 Å². The van der Waals surface area contributed by atoms with Gasteiger partial charge in [0.05, 0.1) is 0 Å². The molecule has 1 heteroatoms. The lowest BCUT2D eigenvalue weighted by atomic mass is 10.1. The molecule has 1 aliphatic heterocycles. The molecule has 44 valence electrons. The molecule has 0 radical (unpaired) electrons. The van der Waals surface area contributed by atoms with E-state index in [4.69, 9.17) is 0 Å². The van der Waals surface area contributed by atoms with Crippen molar-refractivity contribution in [3.05, 3.63) is 23.5 Å². The van der Waals surface area contributed by atoms with Crippen LogP contribution in [0.5, 0.6) is 0 Å². The normalized spacial score (nSPS) is 18.8. The SMILES string of the molecule is CC1=CNC=C(C)C1. The van der Waals surface area contributed by atoms with Crippen LogP contribution in [0.2, 0.25) is 0 Å². The van der Waals surface area contributed by atoms with Gasteiger partial charge in [-0.15, -0.1) is 0 Å². The second kappa shape index (κ2) is 2.03. The van der Waals surface area contributed by atoms with E-state index in [2.05, 4.69) is 19.2 Å². The smallest absolute Gasteiger partial charge is 0.000317 e. The van der Waals surface area contributed by atoms with Gasteiger partial charge in [-0.2, -0.15) is 0 Å². The number of allylic oxidation sites excluding steroid dienone is 2. The molecule has 1 rings (SSSR count). The molecule has 0 fully saturated rings. The van der Waals surface area contributed by atoms with E-state index in [1.807, 2.05) is 12.4 Å². The molecule has 0 aromatic carbocycles. The lowest BCUT2D eigenvalue weighted by molar-refractivity contribution is 0.976. The van der Waals surface area contributed by atoms with Gasteiger partial charge in [0.15, 0.2) is 0 Å². The summed E-state index contributed by atoms with van der Waals surface area (Å²) in [7, 11) is 0. The number of dihydropyridines is 1. The van der Waals surface area contributed by atoms with Crippen LogP contribution in [0.4, 0.5) is 0 Å². The van der Waals surface area contributed by atoms with Crippen molar-refractivity contribution in [1.29, 1.82) is 0 Å². The summed E-state index contributed by atoms with van der Waals surface area (Å²) in [4.78, 5) is 0. The molecule has 0 aromatic rings. The van der Waals surface area contributed by atoms with Gasteiger partial charge in [0.2, 0.25) is 0 Å². The van der Waals surface area contributed by atoms with Crippen molar-refractivity contribution >= 4 is 0 Å². The Bertz CT molecular complexity index is 126. The zero-order chi connectivity index (χ0) is 5.98. The van der Waals surface area contributed by atoms with E-state index in [0.29, 0.717) is 0 Å². The van der Waals surface area contributed by atoms with E-state index in [1.165, 1.54) is 11.1 Å². The van der Waals surface area contributed by atoms with Crippen molar-refractivity contribution in [2.24, 2.45) is 0 Å². The van der Waals surface area contributed by atoms with Gasteiger partial charge < -0.3 is 5.32 Å². The molecule has 0 bridgehead atoms. The molecule has 0 aliphatic carbocycles. The summed E-state index contributed by atoms with van der Waals surface area (Å²) >= 11 is 0. The van der Waals surface area contributed by atoms with Crippen LogP contribution in [-0.2, 0) is 0 Å². The first-order valence-electron chi connectivity index (χ1n) is 2.86. The molecular weight excluding hydrogens is 98.1 g/mol. The molecule has 0 saturated heterocycles. The van der Waals surface area contributed by atoms with Crippen LogP contribution in [0.15, 0.2) is 23.5 Å². The predicted octanol–water partition coefficient (Wildman–Crippen LogP) is 1.79. The lowest BCUT2D eigenvalue weighted by Crippen LogP contribution is -2.01. The van der Waals surface area contributed by atoms with Gasteiger partial charge in [-0.25, -0.2) is 0 Å². The van der Waals surface area contributed by atoms with E-state index < -0.39 is 0 Å². The number of rotatable bonds is 0. The maximum Gasteiger partial charge on any atom is -0.000317 e. The summed E-state index contributed by atoms with van der Waals surface area (Å²) in [6.07, 6.45) is 5.20. The van der Waals surface area contributed by atoms with Gasteiger partial charge in [-0.1, -0.05) is 11.1 Å². The van der Waals surface area contributed by atoms with Crippen LogP contribution in [0, 0.1) is 0 Å². The van der Waals surface area contributed by atoms with E-state index in [-0.39, 0.29) is 0 Å². The summed E-state index contributed by atoms with van der Waals surface area (Å²) in [5, 5.41) is 3.06. The maximum absolute atomic E-state index is 3.06. The molecule has 0 spiro atoms. The Kier molecular flexibility index (Phi) is 1.38. The molecule has 0 saturated carbocycles. The van der Waals surface area contributed by atoms with Crippen LogP contribution < -0.4 is 5.32 Å². The summed E-state index contributed by atoms with van der Waals surface area (Å²) in [5.41, 5.74) is 2.81. The third kappa shape index (κ3) is 1.12. The van der Waals surface area contributed by atoms with Crippen molar-refractivity contribution in [3.63, 3.8) is 0 Å². The Labute approximate surface area is 50.1 Å². The fourth-order valence-corrected chi connectivity index (χ4v) is 0.868. The van der Waals surface area contributed by atoms with Crippen LogP contribution in [0.3, 0.4) is 0 Å². The minimum Gasteiger partial charge on any atom is -0.368 e.